The number of nitrogens with zero attached hydrogens (tertiary/aromatic N) is 2. The highest BCUT2D eigenvalue weighted by Gasteiger charge is 2.13. The van der Waals surface area contributed by atoms with Crippen molar-refractivity contribution in [2.75, 3.05) is 12.9 Å². The van der Waals surface area contributed by atoms with Crippen LogP contribution in [0.5, 0.6) is 5.75 Å². The van der Waals surface area contributed by atoms with E-state index in [1.54, 1.807) is 23.4 Å². The van der Waals surface area contributed by atoms with E-state index in [-0.39, 0.29) is 5.56 Å². The molecule has 0 aliphatic heterocycles. The maximum Gasteiger partial charge on any atom is 0.262 e. The van der Waals surface area contributed by atoms with Gasteiger partial charge in [0.05, 0.1) is 24.6 Å². The Morgan fingerprint density at radius 2 is 1.87 bits per heavy atom. The third-order valence-corrected chi connectivity index (χ3v) is 4.48. The van der Waals surface area contributed by atoms with Crippen molar-refractivity contribution in [1.82, 2.24) is 9.55 Å². The molecule has 0 spiro atoms. The molecule has 0 saturated carbocycles. The van der Waals surface area contributed by atoms with Crippen LogP contribution in [0.1, 0.15) is 12.5 Å². The summed E-state index contributed by atoms with van der Waals surface area (Å²) in [6.45, 7) is 2.50. The molecule has 2 aromatic carbocycles. The summed E-state index contributed by atoms with van der Waals surface area (Å²) in [7, 11) is 1.64. The van der Waals surface area contributed by atoms with Crippen LogP contribution >= 0.6 is 11.8 Å². The Hall–Kier alpha value is -2.27. The quantitative estimate of drug-likeness (QED) is 0.531. The van der Waals surface area contributed by atoms with Crippen LogP contribution in [-0.4, -0.2) is 22.4 Å². The molecule has 3 aromatic rings. The number of hydrogen-bond donors (Lipinski definition) is 0. The molecule has 4 nitrogen and oxygen atoms in total. The summed E-state index contributed by atoms with van der Waals surface area (Å²) >= 11 is 1.57. The van der Waals surface area contributed by atoms with Crippen molar-refractivity contribution < 1.29 is 4.74 Å². The average molecular weight is 326 g/mol. The van der Waals surface area contributed by atoms with Gasteiger partial charge >= 0.3 is 0 Å². The lowest BCUT2D eigenvalue weighted by molar-refractivity contribution is 0.407. The van der Waals surface area contributed by atoms with E-state index in [1.807, 2.05) is 48.5 Å². The van der Waals surface area contributed by atoms with E-state index in [4.69, 9.17) is 4.74 Å². The molecule has 0 atom stereocenters. The van der Waals surface area contributed by atoms with Crippen LogP contribution in [0.15, 0.2) is 58.5 Å². The molecule has 0 saturated heterocycles. The summed E-state index contributed by atoms with van der Waals surface area (Å²) in [6.07, 6.45) is 0. The Morgan fingerprint density at radius 3 is 2.65 bits per heavy atom. The van der Waals surface area contributed by atoms with Gasteiger partial charge in [-0.25, -0.2) is 4.98 Å². The summed E-state index contributed by atoms with van der Waals surface area (Å²) in [5.41, 5.74) is 1.69. The first kappa shape index (κ1) is 15.6. The van der Waals surface area contributed by atoms with Gasteiger partial charge in [0.15, 0.2) is 5.16 Å². The first-order valence-corrected chi connectivity index (χ1v) is 8.47. The van der Waals surface area contributed by atoms with Gasteiger partial charge in [-0.05, 0) is 24.0 Å². The number of benzene rings is 2. The number of rotatable bonds is 5. The lowest BCUT2D eigenvalue weighted by atomic mass is 10.2. The number of ether oxygens (including phenoxy) is 1. The van der Waals surface area contributed by atoms with Crippen LogP contribution in [0.25, 0.3) is 10.9 Å². The van der Waals surface area contributed by atoms with Gasteiger partial charge in [-0.1, -0.05) is 49.0 Å². The number of aromatic nitrogens is 2. The highest BCUT2D eigenvalue weighted by Crippen LogP contribution is 2.22. The molecular weight excluding hydrogens is 308 g/mol. The molecule has 1 aromatic heterocycles. The third-order valence-electron chi connectivity index (χ3n) is 3.62. The molecule has 0 aliphatic rings. The van der Waals surface area contributed by atoms with Crippen molar-refractivity contribution >= 4 is 22.7 Å². The first-order valence-electron chi connectivity index (χ1n) is 7.49. The fraction of sp³-hybridized carbons (Fsp3) is 0.222. The van der Waals surface area contributed by atoms with Crippen LogP contribution in [0.3, 0.4) is 0 Å². The number of thioether (sulfide) groups is 1. The fourth-order valence-electron chi connectivity index (χ4n) is 2.53. The van der Waals surface area contributed by atoms with Gasteiger partial charge in [-0.15, -0.1) is 0 Å². The standard InChI is InChI=1S/C18H18N2O2S/c1-3-23-18-19-15-10-6-5-9-14(15)17(21)20(18)12-13-8-4-7-11-16(13)22-2/h4-11H,3,12H2,1-2H3. The Balaban J connectivity index is 2.17. The summed E-state index contributed by atoms with van der Waals surface area (Å²) in [5, 5.41) is 1.38. The molecule has 0 bridgehead atoms. The van der Waals surface area contributed by atoms with Gasteiger partial charge in [0.25, 0.3) is 5.56 Å². The van der Waals surface area contributed by atoms with Gasteiger partial charge in [0.1, 0.15) is 5.75 Å². The monoisotopic (exact) mass is 326 g/mol. The van der Waals surface area contributed by atoms with Crippen LogP contribution in [0.4, 0.5) is 0 Å². The maximum absolute atomic E-state index is 12.9. The Morgan fingerprint density at radius 1 is 1.13 bits per heavy atom. The van der Waals surface area contributed by atoms with E-state index in [2.05, 4.69) is 11.9 Å². The van der Waals surface area contributed by atoms with Crippen molar-refractivity contribution in [2.24, 2.45) is 0 Å². The minimum absolute atomic E-state index is 0.0162. The van der Waals surface area contributed by atoms with Gasteiger partial charge in [0, 0.05) is 5.56 Å². The zero-order valence-corrected chi connectivity index (χ0v) is 14.0. The third kappa shape index (κ3) is 3.10. The lowest BCUT2D eigenvalue weighted by Crippen LogP contribution is -2.24. The molecule has 0 amide bonds. The van der Waals surface area contributed by atoms with Crippen molar-refractivity contribution in [3.63, 3.8) is 0 Å². The topological polar surface area (TPSA) is 44.1 Å². The van der Waals surface area contributed by atoms with Gasteiger partial charge in [0.2, 0.25) is 0 Å². The molecule has 3 rings (SSSR count). The van der Waals surface area contributed by atoms with Crippen molar-refractivity contribution in [3.8, 4) is 5.75 Å². The van der Waals surface area contributed by atoms with E-state index in [9.17, 15) is 4.79 Å². The van der Waals surface area contributed by atoms with E-state index in [1.165, 1.54) is 0 Å². The van der Waals surface area contributed by atoms with E-state index < -0.39 is 0 Å². The summed E-state index contributed by atoms with van der Waals surface area (Å²) < 4.78 is 7.13. The second-order valence-electron chi connectivity index (χ2n) is 5.05. The molecule has 0 aliphatic carbocycles. The zero-order valence-electron chi connectivity index (χ0n) is 13.2. The highest BCUT2D eigenvalue weighted by molar-refractivity contribution is 7.99. The van der Waals surface area contributed by atoms with Crippen molar-refractivity contribution in [3.05, 3.63) is 64.4 Å². The van der Waals surface area contributed by atoms with Crippen LogP contribution < -0.4 is 10.3 Å². The van der Waals surface area contributed by atoms with E-state index in [0.717, 1.165) is 27.7 Å². The predicted octanol–water partition coefficient (Wildman–Crippen LogP) is 3.57. The molecule has 0 fully saturated rings. The molecule has 0 radical (unpaired) electrons. The van der Waals surface area contributed by atoms with Gasteiger partial charge < -0.3 is 4.74 Å². The SMILES string of the molecule is CCSc1nc2ccccc2c(=O)n1Cc1ccccc1OC. The number of fused-ring (bicyclic) bond motifs is 1. The minimum Gasteiger partial charge on any atom is -0.496 e. The van der Waals surface area contributed by atoms with E-state index >= 15 is 0 Å². The first-order chi connectivity index (χ1) is 11.2. The lowest BCUT2D eigenvalue weighted by Gasteiger charge is -2.14. The van der Waals surface area contributed by atoms with E-state index in [0.29, 0.717) is 11.9 Å². The zero-order chi connectivity index (χ0) is 16.2. The molecule has 0 unspecified atom stereocenters. The summed E-state index contributed by atoms with van der Waals surface area (Å²) in [4.78, 5) is 17.6. The van der Waals surface area contributed by atoms with Crippen molar-refractivity contribution in [2.45, 2.75) is 18.6 Å². The van der Waals surface area contributed by atoms with Gasteiger partial charge in [-0.2, -0.15) is 0 Å². The van der Waals surface area contributed by atoms with Crippen LogP contribution in [0.2, 0.25) is 0 Å². The Bertz CT molecular complexity index is 890. The molecule has 0 N–H and O–H groups in total. The smallest absolute Gasteiger partial charge is 0.262 e. The Kier molecular flexibility index (Phi) is 4.67. The average Bonchev–Trinajstić information content (AvgIpc) is 2.59. The molecular formula is C18H18N2O2S. The molecule has 1 heterocycles. The summed E-state index contributed by atoms with van der Waals surface area (Å²) in [5.74, 6) is 1.64. The van der Waals surface area contributed by atoms with Crippen LogP contribution in [0, 0.1) is 0 Å². The molecule has 118 valence electrons. The number of para-hydroxylation sites is 2. The second-order valence-corrected chi connectivity index (χ2v) is 6.28. The molecule has 5 heteroatoms. The summed E-state index contributed by atoms with van der Waals surface area (Å²) in [6, 6.07) is 15.2. The van der Waals surface area contributed by atoms with Crippen LogP contribution in [-0.2, 0) is 6.54 Å². The van der Waals surface area contributed by atoms with Gasteiger partial charge in [-0.3, -0.25) is 9.36 Å². The predicted molar refractivity (Wildman–Crippen MR) is 94.5 cm³/mol. The fourth-order valence-corrected chi connectivity index (χ4v) is 3.25. The number of hydrogen-bond acceptors (Lipinski definition) is 4. The second kappa shape index (κ2) is 6.87. The largest absolute Gasteiger partial charge is 0.496 e. The normalized spacial score (nSPS) is 10.9. The van der Waals surface area contributed by atoms with Crippen molar-refractivity contribution in [1.29, 1.82) is 0 Å². The Labute approximate surface area is 139 Å². The maximum atomic E-state index is 12.9. The number of methoxy groups -OCH3 is 1. The molecule has 23 heavy (non-hydrogen) atoms. The highest BCUT2D eigenvalue weighted by atomic mass is 32.2. The minimum atomic E-state index is -0.0162.